The fourth-order valence-electron chi connectivity index (χ4n) is 3.58. The maximum absolute atomic E-state index is 2.29. The highest BCUT2D eigenvalue weighted by Gasteiger charge is 2.27. The Kier molecular flexibility index (Phi) is 5.16. The number of aryl methyl sites for hydroxylation is 3. The summed E-state index contributed by atoms with van der Waals surface area (Å²) in [6, 6.07) is 24.2. The quantitative estimate of drug-likeness (QED) is 0.517. The van der Waals surface area contributed by atoms with Gasteiger partial charge in [0.15, 0.2) is 0 Å². The second-order valence-corrected chi connectivity index (χ2v) is 7.19. The van der Waals surface area contributed by atoms with Gasteiger partial charge in [0, 0.05) is 4.90 Å². The monoisotopic (exact) mass is 330 g/mol. The summed E-state index contributed by atoms with van der Waals surface area (Å²) in [6.07, 6.45) is 2.17. The summed E-state index contributed by atoms with van der Waals surface area (Å²) in [4.78, 5) is 1.36. The summed E-state index contributed by atoms with van der Waals surface area (Å²) in [5.74, 6) is 0. The van der Waals surface area contributed by atoms with Gasteiger partial charge in [-0.1, -0.05) is 93.7 Å². The highest BCUT2D eigenvalue weighted by molar-refractivity contribution is 7.98. The Labute approximate surface area is 150 Å². The number of thioether (sulfide) groups is 1. The van der Waals surface area contributed by atoms with E-state index in [9.17, 15) is 0 Å². The zero-order valence-corrected chi connectivity index (χ0v) is 15.7. The van der Waals surface area contributed by atoms with Gasteiger partial charge < -0.3 is 0 Å². The van der Waals surface area contributed by atoms with Gasteiger partial charge in [-0.2, -0.15) is 0 Å². The molecule has 0 spiro atoms. The van der Waals surface area contributed by atoms with E-state index in [0.717, 1.165) is 0 Å². The zero-order chi connectivity index (χ0) is 17.1. The molecule has 0 aromatic heterocycles. The van der Waals surface area contributed by atoms with E-state index in [2.05, 4.69) is 93.8 Å². The molecular weight excluding hydrogens is 307 g/mol. The van der Waals surface area contributed by atoms with Crippen molar-refractivity contribution < 1.29 is 0 Å². The van der Waals surface area contributed by atoms with Crippen molar-refractivity contribution in [3.8, 4) is 0 Å². The summed E-state index contributed by atoms with van der Waals surface area (Å²) in [5, 5.41) is 0. The van der Waals surface area contributed by atoms with E-state index in [1.54, 1.807) is 0 Å². The highest BCUT2D eigenvalue weighted by Crippen LogP contribution is 2.14. The van der Waals surface area contributed by atoms with Crippen LogP contribution in [0.4, 0.5) is 0 Å². The van der Waals surface area contributed by atoms with Crippen molar-refractivity contribution in [1.29, 1.82) is 0 Å². The Morgan fingerprint density at radius 1 is 0.625 bits per heavy atom. The fraction of sp³-hybridized carbons (Fsp3) is 0.182. The molecule has 0 N–H and O–H groups in total. The van der Waals surface area contributed by atoms with Crippen LogP contribution >= 0.6 is 11.8 Å². The third-order valence-corrected chi connectivity index (χ3v) is 5.59. The van der Waals surface area contributed by atoms with Crippen molar-refractivity contribution in [2.45, 2.75) is 25.7 Å². The molecule has 0 saturated heterocycles. The summed E-state index contributed by atoms with van der Waals surface area (Å²) >= 11 is 1.83. The summed E-state index contributed by atoms with van der Waals surface area (Å²) in [7, 11) is 0. The first-order chi connectivity index (χ1) is 11.6. The molecular formula is C22H23BS. The Morgan fingerprint density at radius 2 is 1.17 bits per heavy atom. The molecule has 0 fully saturated rings. The summed E-state index contributed by atoms with van der Waals surface area (Å²) < 4.78 is 0. The maximum atomic E-state index is 2.29. The molecule has 3 aromatic rings. The van der Waals surface area contributed by atoms with Crippen LogP contribution in [-0.4, -0.2) is 13.0 Å². The van der Waals surface area contributed by atoms with E-state index < -0.39 is 0 Å². The van der Waals surface area contributed by atoms with Crippen molar-refractivity contribution in [3.63, 3.8) is 0 Å². The molecule has 0 nitrogen and oxygen atoms in total. The fourth-order valence-corrected chi connectivity index (χ4v) is 4.21. The second kappa shape index (κ2) is 7.31. The Bertz CT molecular complexity index is 834. The van der Waals surface area contributed by atoms with Crippen LogP contribution in [0.25, 0.3) is 0 Å². The lowest BCUT2D eigenvalue weighted by Crippen LogP contribution is -2.55. The third kappa shape index (κ3) is 3.16. The minimum atomic E-state index is 0.274. The second-order valence-electron chi connectivity index (χ2n) is 6.34. The van der Waals surface area contributed by atoms with Crippen LogP contribution in [-0.2, 0) is 0 Å². The molecule has 120 valence electrons. The van der Waals surface area contributed by atoms with E-state index in [1.807, 2.05) is 11.8 Å². The van der Waals surface area contributed by atoms with Crippen molar-refractivity contribution in [3.05, 3.63) is 83.4 Å². The predicted octanol–water partition coefficient (Wildman–Crippen LogP) is 3.85. The molecule has 0 amide bonds. The average Bonchev–Trinajstić information content (AvgIpc) is 2.59. The topological polar surface area (TPSA) is 0 Å². The molecule has 2 heteroatoms. The summed E-state index contributed by atoms with van der Waals surface area (Å²) in [6.45, 7) is 6.96. The normalized spacial score (nSPS) is 10.7. The van der Waals surface area contributed by atoms with Crippen LogP contribution in [0.1, 0.15) is 16.7 Å². The minimum Gasteiger partial charge on any atom is -0.130 e. The zero-order valence-electron chi connectivity index (χ0n) is 14.8. The van der Waals surface area contributed by atoms with Gasteiger partial charge in [-0.25, -0.2) is 0 Å². The van der Waals surface area contributed by atoms with Crippen LogP contribution in [0.15, 0.2) is 71.6 Å². The van der Waals surface area contributed by atoms with Crippen molar-refractivity contribution in [1.82, 2.24) is 0 Å². The molecule has 0 atom stereocenters. The van der Waals surface area contributed by atoms with Crippen LogP contribution in [0.3, 0.4) is 0 Å². The molecule has 0 saturated carbocycles. The van der Waals surface area contributed by atoms with Crippen LogP contribution in [0.2, 0.25) is 0 Å². The molecule has 0 heterocycles. The van der Waals surface area contributed by atoms with Crippen LogP contribution in [0.5, 0.6) is 0 Å². The Balaban J connectivity index is 2.32. The lowest BCUT2D eigenvalue weighted by molar-refractivity contribution is 1.42. The molecule has 3 aromatic carbocycles. The Morgan fingerprint density at radius 3 is 1.79 bits per heavy atom. The average molecular weight is 330 g/mol. The highest BCUT2D eigenvalue weighted by atomic mass is 32.2. The van der Waals surface area contributed by atoms with Gasteiger partial charge in [0.1, 0.15) is 0 Å². The number of hydrogen-bond acceptors (Lipinski definition) is 1. The number of rotatable bonds is 4. The molecule has 0 aliphatic rings. The van der Waals surface area contributed by atoms with Gasteiger partial charge in [0.05, 0.1) is 0 Å². The first kappa shape index (κ1) is 16.9. The van der Waals surface area contributed by atoms with Gasteiger partial charge in [-0.3, -0.25) is 0 Å². The van der Waals surface area contributed by atoms with Gasteiger partial charge >= 0.3 is 0 Å². The molecule has 24 heavy (non-hydrogen) atoms. The summed E-state index contributed by atoms with van der Waals surface area (Å²) in [5.41, 5.74) is 8.31. The van der Waals surface area contributed by atoms with Gasteiger partial charge in [-0.05, 0) is 33.1 Å². The smallest absolute Gasteiger partial charge is 0.130 e. The van der Waals surface area contributed by atoms with Crippen LogP contribution in [0, 0.1) is 20.8 Å². The van der Waals surface area contributed by atoms with Crippen LogP contribution < -0.4 is 16.4 Å². The molecule has 0 aliphatic carbocycles. The minimum absolute atomic E-state index is 0.274. The SMILES string of the molecule is CSc1ccccc1B(c1ccccc1C)c1c(C)cccc1C. The molecule has 0 radical (unpaired) electrons. The van der Waals surface area contributed by atoms with Crippen molar-refractivity contribution in [2.75, 3.05) is 6.26 Å². The van der Waals surface area contributed by atoms with E-state index in [0.29, 0.717) is 0 Å². The molecule has 3 rings (SSSR count). The molecule has 0 aliphatic heterocycles. The maximum Gasteiger partial charge on any atom is 0.243 e. The first-order valence-corrected chi connectivity index (χ1v) is 9.60. The third-order valence-electron chi connectivity index (χ3n) is 4.78. The number of hydrogen-bond donors (Lipinski definition) is 0. The van der Waals surface area contributed by atoms with Gasteiger partial charge in [-0.15, -0.1) is 11.8 Å². The van der Waals surface area contributed by atoms with E-state index in [-0.39, 0.29) is 6.71 Å². The van der Waals surface area contributed by atoms with Crippen molar-refractivity contribution >= 4 is 34.9 Å². The lowest BCUT2D eigenvalue weighted by Gasteiger charge is -2.23. The largest absolute Gasteiger partial charge is 0.243 e. The molecule has 0 unspecified atom stereocenters. The van der Waals surface area contributed by atoms with E-state index in [4.69, 9.17) is 0 Å². The lowest BCUT2D eigenvalue weighted by atomic mass is 9.35. The van der Waals surface area contributed by atoms with E-state index in [1.165, 1.54) is 38.0 Å². The standard InChI is InChI=1S/C22H23BS/c1-16-10-5-6-13-19(16)23(20-14-7-8-15-21(20)24-4)22-17(2)11-9-12-18(22)3/h5-15H,1-4H3. The molecule has 0 bridgehead atoms. The van der Waals surface area contributed by atoms with E-state index >= 15 is 0 Å². The van der Waals surface area contributed by atoms with Gasteiger partial charge in [0.2, 0.25) is 6.71 Å². The predicted molar refractivity (Wildman–Crippen MR) is 110 cm³/mol. The number of benzene rings is 3. The van der Waals surface area contributed by atoms with Gasteiger partial charge in [0.25, 0.3) is 0 Å². The Hall–Kier alpha value is -1.93. The van der Waals surface area contributed by atoms with Crippen molar-refractivity contribution in [2.24, 2.45) is 0 Å². The first-order valence-electron chi connectivity index (χ1n) is 8.38.